The van der Waals surface area contributed by atoms with Crippen LogP contribution in [-0.4, -0.2) is 30.5 Å². The van der Waals surface area contributed by atoms with E-state index in [1.165, 1.54) is 18.4 Å². The summed E-state index contributed by atoms with van der Waals surface area (Å²) in [5.74, 6) is 0.879. The lowest BCUT2D eigenvalue weighted by Crippen LogP contribution is -2.38. The van der Waals surface area contributed by atoms with Crippen LogP contribution in [0.4, 0.5) is 4.39 Å². The maximum atomic E-state index is 13.4. The summed E-state index contributed by atoms with van der Waals surface area (Å²) < 4.78 is 19.3. The summed E-state index contributed by atoms with van der Waals surface area (Å²) in [6.45, 7) is 3.94. The molecule has 22 heavy (non-hydrogen) atoms. The first kappa shape index (κ1) is 15.9. The number of carbonyl (C=O) groups is 1. The third kappa shape index (κ3) is 3.48. The molecule has 3 aliphatic rings. The molecule has 2 unspecified atom stereocenters. The van der Waals surface area contributed by atoms with Crippen molar-refractivity contribution in [2.45, 2.75) is 70.9 Å². The SMILES string of the molecule is CC(C)OC1N=C(C2=CC[C@H](F)CC2)C(C2CC2)C[C@H]1C=O. The summed E-state index contributed by atoms with van der Waals surface area (Å²) in [6, 6.07) is 0. The van der Waals surface area contributed by atoms with Gasteiger partial charge >= 0.3 is 0 Å². The summed E-state index contributed by atoms with van der Waals surface area (Å²) in [5.41, 5.74) is 2.31. The van der Waals surface area contributed by atoms with Crippen LogP contribution in [0.15, 0.2) is 16.6 Å². The van der Waals surface area contributed by atoms with Crippen molar-refractivity contribution >= 4 is 12.0 Å². The van der Waals surface area contributed by atoms with E-state index in [2.05, 4.69) is 0 Å². The third-order valence-corrected chi connectivity index (χ3v) is 4.96. The van der Waals surface area contributed by atoms with Crippen LogP contribution >= 0.6 is 0 Å². The van der Waals surface area contributed by atoms with Gasteiger partial charge in [0.2, 0.25) is 0 Å². The third-order valence-electron chi connectivity index (χ3n) is 4.96. The van der Waals surface area contributed by atoms with Crippen molar-refractivity contribution in [2.75, 3.05) is 0 Å². The number of rotatable bonds is 5. The van der Waals surface area contributed by atoms with E-state index in [4.69, 9.17) is 9.73 Å². The zero-order valence-corrected chi connectivity index (χ0v) is 13.5. The topological polar surface area (TPSA) is 38.7 Å². The maximum absolute atomic E-state index is 13.4. The van der Waals surface area contributed by atoms with E-state index in [1.807, 2.05) is 19.9 Å². The predicted molar refractivity (Wildman–Crippen MR) is 84.7 cm³/mol. The zero-order chi connectivity index (χ0) is 15.7. The Balaban J connectivity index is 1.87. The molecular formula is C18H26FNO2. The lowest BCUT2D eigenvalue weighted by Gasteiger charge is -2.34. The molecule has 0 saturated heterocycles. The van der Waals surface area contributed by atoms with Crippen LogP contribution < -0.4 is 0 Å². The van der Waals surface area contributed by atoms with Crippen LogP contribution in [0.1, 0.15) is 52.4 Å². The molecule has 3 rings (SSSR count). The second-order valence-electron chi connectivity index (χ2n) is 7.17. The Kier molecular flexibility index (Phi) is 4.76. The van der Waals surface area contributed by atoms with Gasteiger partial charge in [-0.1, -0.05) is 6.08 Å². The van der Waals surface area contributed by atoms with Gasteiger partial charge in [0.15, 0.2) is 6.23 Å². The van der Waals surface area contributed by atoms with Gasteiger partial charge in [-0.05, 0) is 63.9 Å². The fourth-order valence-corrected chi connectivity index (χ4v) is 3.65. The number of alkyl halides is 1. The Labute approximate surface area is 132 Å². The molecule has 4 heteroatoms. The van der Waals surface area contributed by atoms with E-state index in [0.29, 0.717) is 24.7 Å². The fourth-order valence-electron chi connectivity index (χ4n) is 3.65. The molecule has 0 spiro atoms. The lowest BCUT2D eigenvalue weighted by atomic mass is 9.78. The van der Waals surface area contributed by atoms with Gasteiger partial charge in [0.05, 0.1) is 12.0 Å². The molecule has 1 aliphatic heterocycles. The lowest BCUT2D eigenvalue weighted by molar-refractivity contribution is -0.118. The average Bonchev–Trinajstić information content (AvgIpc) is 3.32. The molecule has 0 bridgehead atoms. The number of halogens is 1. The summed E-state index contributed by atoms with van der Waals surface area (Å²) >= 11 is 0. The number of hydrogen-bond acceptors (Lipinski definition) is 3. The van der Waals surface area contributed by atoms with Gasteiger partial charge in [0.1, 0.15) is 12.5 Å². The molecule has 1 fully saturated rings. The molecule has 0 aromatic carbocycles. The summed E-state index contributed by atoms with van der Waals surface area (Å²) in [6.07, 6.45) is 7.15. The van der Waals surface area contributed by atoms with Crippen molar-refractivity contribution in [1.82, 2.24) is 0 Å². The van der Waals surface area contributed by atoms with Crippen LogP contribution in [0.25, 0.3) is 0 Å². The second kappa shape index (κ2) is 6.61. The van der Waals surface area contributed by atoms with Crippen molar-refractivity contribution in [1.29, 1.82) is 0 Å². The van der Waals surface area contributed by atoms with Crippen molar-refractivity contribution in [2.24, 2.45) is 22.7 Å². The van der Waals surface area contributed by atoms with Gasteiger partial charge < -0.3 is 9.53 Å². The molecule has 0 aromatic heterocycles. The van der Waals surface area contributed by atoms with Gasteiger partial charge in [0, 0.05) is 11.6 Å². The van der Waals surface area contributed by atoms with Crippen LogP contribution in [0.2, 0.25) is 0 Å². The first-order chi connectivity index (χ1) is 10.6. The number of aldehydes is 1. The number of ether oxygens (including phenoxy) is 1. The molecule has 4 atom stereocenters. The minimum Gasteiger partial charge on any atom is -0.353 e. The van der Waals surface area contributed by atoms with Gasteiger partial charge in [-0.3, -0.25) is 4.99 Å². The highest BCUT2D eigenvalue weighted by Crippen LogP contribution is 2.45. The molecule has 0 amide bonds. The quantitative estimate of drug-likeness (QED) is 0.723. The number of hydrogen-bond donors (Lipinski definition) is 0. The number of carbonyl (C=O) groups excluding carboxylic acids is 1. The van der Waals surface area contributed by atoms with E-state index in [1.54, 1.807) is 0 Å². The van der Waals surface area contributed by atoms with Crippen molar-refractivity contribution in [3.63, 3.8) is 0 Å². The van der Waals surface area contributed by atoms with Gasteiger partial charge in [-0.15, -0.1) is 0 Å². The first-order valence-corrected chi connectivity index (χ1v) is 8.60. The van der Waals surface area contributed by atoms with E-state index in [-0.39, 0.29) is 18.2 Å². The molecular weight excluding hydrogens is 281 g/mol. The van der Waals surface area contributed by atoms with Crippen molar-refractivity contribution in [3.8, 4) is 0 Å². The Morgan fingerprint density at radius 2 is 2.14 bits per heavy atom. The molecule has 0 radical (unpaired) electrons. The fraction of sp³-hybridized carbons (Fsp3) is 0.778. The highest BCUT2D eigenvalue weighted by molar-refractivity contribution is 6.03. The number of nitrogens with zero attached hydrogens (tertiary/aromatic N) is 1. The molecule has 1 heterocycles. The number of allylic oxidation sites excluding steroid dienone is 2. The highest BCUT2D eigenvalue weighted by atomic mass is 19.1. The Morgan fingerprint density at radius 1 is 1.36 bits per heavy atom. The van der Waals surface area contributed by atoms with E-state index in [9.17, 15) is 9.18 Å². The van der Waals surface area contributed by atoms with Crippen LogP contribution in [-0.2, 0) is 9.53 Å². The van der Waals surface area contributed by atoms with E-state index >= 15 is 0 Å². The summed E-state index contributed by atoms with van der Waals surface area (Å²) in [7, 11) is 0. The van der Waals surface area contributed by atoms with Crippen LogP contribution in [0, 0.1) is 17.8 Å². The maximum Gasteiger partial charge on any atom is 0.158 e. The Hall–Kier alpha value is -1.03. The number of aliphatic imine (C=N–C) groups is 1. The predicted octanol–water partition coefficient (Wildman–Crippen LogP) is 3.87. The average molecular weight is 307 g/mol. The molecule has 0 N–H and O–H groups in total. The van der Waals surface area contributed by atoms with Gasteiger partial charge in [0.25, 0.3) is 0 Å². The van der Waals surface area contributed by atoms with Gasteiger partial charge in [-0.25, -0.2) is 4.39 Å². The van der Waals surface area contributed by atoms with Crippen molar-refractivity contribution < 1.29 is 13.9 Å². The molecule has 2 aliphatic carbocycles. The highest BCUT2D eigenvalue weighted by Gasteiger charge is 2.42. The normalized spacial score (nSPS) is 36.0. The van der Waals surface area contributed by atoms with E-state index in [0.717, 1.165) is 24.8 Å². The van der Waals surface area contributed by atoms with Crippen molar-refractivity contribution in [3.05, 3.63) is 11.6 Å². The smallest absolute Gasteiger partial charge is 0.158 e. The van der Waals surface area contributed by atoms with Gasteiger partial charge in [-0.2, -0.15) is 0 Å². The Bertz CT molecular complexity index is 481. The Morgan fingerprint density at radius 3 is 2.68 bits per heavy atom. The monoisotopic (exact) mass is 307 g/mol. The molecule has 3 nitrogen and oxygen atoms in total. The standard InChI is InChI=1S/C18H26FNO2/c1-11(2)22-18-14(10-21)9-16(12-3-4-12)17(20-18)13-5-7-15(19)8-6-13/h5,10-12,14-16,18H,3-4,6-9H2,1-2H3/t14-,15-,16?,18?/m0/s1. The largest absolute Gasteiger partial charge is 0.353 e. The summed E-state index contributed by atoms with van der Waals surface area (Å²) in [5, 5.41) is 0. The molecule has 0 aromatic rings. The second-order valence-corrected chi connectivity index (χ2v) is 7.17. The first-order valence-electron chi connectivity index (χ1n) is 8.60. The van der Waals surface area contributed by atoms with Crippen LogP contribution in [0.5, 0.6) is 0 Å². The van der Waals surface area contributed by atoms with E-state index < -0.39 is 6.17 Å². The zero-order valence-electron chi connectivity index (χ0n) is 13.5. The molecule has 122 valence electrons. The summed E-state index contributed by atoms with van der Waals surface area (Å²) in [4.78, 5) is 16.3. The minimum atomic E-state index is -0.710. The molecule has 1 saturated carbocycles. The minimum absolute atomic E-state index is 0.0467. The van der Waals surface area contributed by atoms with Crippen LogP contribution in [0.3, 0.4) is 0 Å².